The van der Waals surface area contributed by atoms with Crippen LogP contribution in [0, 0.1) is 0 Å². The minimum atomic E-state index is -4.42. The first-order chi connectivity index (χ1) is 14.9. The molecule has 0 aliphatic carbocycles. The molecule has 0 saturated carbocycles. The second-order valence-electron chi connectivity index (χ2n) is 6.58. The Kier molecular flexibility index (Phi) is 5.77. The summed E-state index contributed by atoms with van der Waals surface area (Å²) in [5.74, 6) is 1.38. The van der Waals surface area contributed by atoms with Gasteiger partial charge in [-0.2, -0.15) is 13.2 Å². The number of methoxy groups -OCH3 is 1. The highest BCUT2D eigenvalue weighted by Gasteiger charge is 2.31. The number of alkyl halides is 3. The van der Waals surface area contributed by atoms with Crippen LogP contribution in [-0.4, -0.2) is 33.6 Å². The monoisotopic (exact) mass is 450 g/mol. The molecule has 2 aromatic carbocycles. The number of thioether (sulfide) groups is 1. The third-order valence-electron chi connectivity index (χ3n) is 4.57. The van der Waals surface area contributed by atoms with Gasteiger partial charge in [0.15, 0.2) is 17.3 Å². The van der Waals surface area contributed by atoms with Crippen LogP contribution in [-0.2, 0) is 24.1 Å². The molecule has 11 heteroatoms. The maximum Gasteiger partial charge on any atom is 0.416 e. The Labute approximate surface area is 179 Å². The number of carbonyl (C=O) groups is 1. The first kappa shape index (κ1) is 21.0. The molecule has 2 heterocycles. The number of hydrogen-bond donors (Lipinski definition) is 0. The second-order valence-corrected chi connectivity index (χ2v) is 7.53. The molecule has 0 atom stereocenters. The lowest BCUT2D eigenvalue weighted by molar-refractivity contribution is -0.137. The van der Waals surface area contributed by atoms with Gasteiger partial charge in [0.25, 0.3) is 5.91 Å². The number of hydrogen-bond acceptors (Lipinski definition) is 6. The van der Waals surface area contributed by atoms with Crippen LogP contribution < -0.4 is 14.5 Å². The van der Waals surface area contributed by atoms with E-state index in [0.29, 0.717) is 28.0 Å². The fraction of sp³-hybridized carbons (Fsp3) is 0.250. The maximum atomic E-state index is 12.8. The van der Waals surface area contributed by atoms with E-state index in [-0.39, 0.29) is 24.8 Å². The topological polar surface area (TPSA) is 69.5 Å². The van der Waals surface area contributed by atoms with Crippen LogP contribution in [0.25, 0.3) is 0 Å². The summed E-state index contributed by atoms with van der Waals surface area (Å²) in [6.07, 6.45) is -4.42. The number of halogens is 3. The summed E-state index contributed by atoms with van der Waals surface area (Å²) >= 11 is 1.24. The van der Waals surface area contributed by atoms with Crippen molar-refractivity contribution < 1.29 is 27.4 Å². The van der Waals surface area contributed by atoms with Gasteiger partial charge in [0, 0.05) is 0 Å². The Morgan fingerprint density at radius 3 is 2.45 bits per heavy atom. The van der Waals surface area contributed by atoms with E-state index in [2.05, 4.69) is 10.2 Å². The van der Waals surface area contributed by atoms with Gasteiger partial charge in [-0.25, -0.2) is 9.69 Å². The van der Waals surface area contributed by atoms with Crippen LogP contribution in [0.5, 0.6) is 11.5 Å². The summed E-state index contributed by atoms with van der Waals surface area (Å²) in [6, 6.07) is 11.8. The van der Waals surface area contributed by atoms with Crippen molar-refractivity contribution in [3.8, 4) is 11.5 Å². The Bertz CT molecular complexity index is 1090. The number of aromatic nitrogens is 3. The van der Waals surface area contributed by atoms with Crippen molar-refractivity contribution in [2.75, 3.05) is 17.9 Å². The van der Waals surface area contributed by atoms with Gasteiger partial charge in [-0.15, -0.1) is 10.2 Å². The van der Waals surface area contributed by atoms with Crippen molar-refractivity contribution in [1.82, 2.24) is 14.9 Å². The molecule has 4 rings (SSSR count). The predicted molar refractivity (Wildman–Crippen MR) is 106 cm³/mol. The smallest absolute Gasteiger partial charge is 0.416 e. The van der Waals surface area contributed by atoms with Crippen molar-refractivity contribution >= 4 is 17.7 Å². The lowest BCUT2D eigenvalue weighted by Crippen LogP contribution is -2.45. The number of fused-ring (bicyclic) bond motifs is 1. The van der Waals surface area contributed by atoms with Crippen LogP contribution in [0.2, 0.25) is 0 Å². The van der Waals surface area contributed by atoms with Crippen LogP contribution >= 0.6 is 11.8 Å². The Hall–Kier alpha value is -3.21. The van der Waals surface area contributed by atoms with E-state index in [4.69, 9.17) is 9.47 Å². The predicted octanol–water partition coefficient (Wildman–Crippen LogP) is 3.66. The van der Waals surface area contributed by atoms with E-state index >= 15 is 0 Å². The zero-order valence-corrected chi connectivity index (χ0v) is 17.1. The van der Waals surface area contributed by atoms with E-state index in [1.807, 2.05) is 6.07 Å². The minimum absolute atomic E-state index is 0.0186. The molecule has 0 fully saturated rings. The standard InChI is InChI=1S/C20H17F3N4O3S/c1-29-15-4-2-3-5-16(15)30-11-17-24-25-19-27(17)26(18(28)12-31-19)10-13-6-8-14(9-7-13)20(21,22)23/h2-9H,10-12H2,1H3. The number of nitrogens with zero attached hydrogens (tertiary/aromatic N) is 4. The van der Waals surface area contributed by atoms with Crippen LogP contribution in [0.15, 0.2) is 53.7 Å². The van der Waals surface area contributed by atoms with E-state index in [1.165, 1.54) is 36.0 Å². The first-order valence-electron chi connectivity index (χ1n) is 9.16. The maximum absolute atomic E-state index is 12.8. The molecular weight excluding hydrogens is 433 g/mol. The average Bonchev–Trinajstić information content (AvgIpc) is 3.17. The van der Waals surface area contributed by atoms with E-state index in [9.17, 15) is 18.0 Å². The zero-order valence-electron chi connectivity index (χ0n) is 16.3. The van der Waals surface area contributed by atoms with Gasteiger partial charge >= 0.3 is 6.18 Å². The number of ether oxygens (including phenoxy) is 2. The molecule has 0 unspecified atom stereocenters. The molecule has 3 aromatic rings. The highest BCUT2D eigenvalue weighted by Crippen LogP contribution is 2.30. The number of rotatable bonds is 6. The van der Waals surface area contributed by atoms with Gasteiger partial charge in [0.2, 0.25) is 5.16 Å². The SMILES string of the molecule is COc1ccccc1OCc1nnc2n1N(Cc1ccc(C(F)(F)F)cc1)C(=O)CS2. The third-order valence-corrected chi connectivity index (χ3v) is 5.47. The van der Waals surface area contributed by atoms with Crippen molar-refractivity contribution in [3.63, 3.8) is 0 Å². The van der Waals surface area contributed by atoms with E-state index < -0.39 is 11.7 Å². The van der Waals surface area contributed by atoms with E-state index in [1.54, 1.807) is 22.9 Å². The van der Waals surface area contributed by atoms with Crippen molar-refractivity contribution in [1.29, 1.82) is 0 Å². The molecule has 0 saturated heterocycles. The normalized spacial score (nSPS) is 13.8. The van der Waals surface area contributed by atoms with Gasteiger partial charge in [-0.05, 0) is 29.8 Å². The highest BCUT2D eigenvalue weighted by atomic mass is 32.2. The molecule has 7 nitrogen and oxygen atoms in total. The lowest BCUT2D eigenvalue weighted by atomic mass is 10.1. The van der Waals surface area contributed by atoms with Crippen LogP contribution in [0.1, 0.15) is 17.0 Å². The Morgan fingerprint density at radius 1 is 1.06 bits per heavy atom. The number of para-hydroxylation sites is 2. The molecule has 0 radical (unpaired) electrons. The van der Waals surface area contributed by atoms with Crippen LogP contribution in [0.3, 0.4) is 0 Å². The molecule has 0 bridgehead atoms. The Balaban J connectivity index is 1.56. The Morgan fingerprint density at radius 2 is 1.77 bits per heavy atom. The highest BCUT2D eigenvalue weighted by molar-refractivity contribution is 7.99. The summed E-state index contributed by atoms with van der Waals surface area (Å²) in [5, 5.41) is 10.1. The molecule has 1 aromatic heterocycles. The lowest BCUT2D eigenvalue weighted by Gasteiger charge is -2.29. The summed E-state index contributed by atoms with van der Waals surface area (Å²) in [5.41, 5.74) is -0.197. The number of benzene rings is 2. The first-order valence-corrected chi connectivity index (χ1v) is 10.1. The van der Waals surface area contributed by atoms with Gasteiger partial charge < -0.3 is 9.47 Å². The fourth-order valence-corrected chi connectivity index (χ4v) is 3.87. The van der Waals surface area contributed by atoms with Crippen LogP contribution in [0.4, 0.5) is 13.2 Å². The number of amides is 1. The molecular formula is C20H17F3N4O3S. The molecule has 162 valence electrons. The van der Waals surface area contributed by atoms with Gasteiger partial charge in [-0.3, -0.25) is 4.79 Å². The number of carbonyl (C=O) groups excluding carboxylic acids is 1. The molecule has 0 spiro atoms. The largest absolute Gasteiger partial charge is 0.493 e. The van der Waals surface area contributed by atoms with Crippen molar-refractivity contribution in [3.05, 3.63) is 65.5 Å². The third kappa shape index (κ3) is 4.46. The summed E-state index contributed by atoms with van der Waals surface area (Å²) in [6.45, 7) is 0.0922. The molecule has 1 amide bonds. The quantitative estimate of drug-likeness (QED) is 0.571. The summed E-state index contributed by atoms with van der Waals surface area (Å²) in [7, 11) is 1.53. The van der Waals surface area contributed by atoms with Gasteiger partial charge in [0.1, 0.15) is 6.61 Å². The molecule has 0 N–H and O–H groups in total. The van der Waals surface area contributed by atoms with Crippen molar-refractivity contribution in [2.24, 2.45) is 0 Å². The molecule has 31 heavy (non-hydrogen) atoms. The van der Waals surface area contributed by atoms with Crippen molar-refractivity contribution in [2.45, 2.75) is 24.5 Å². The average molecular weight is 450 g/mol. The minimum Gasteiger partial charge on any atom is -0.493 e. The summed E-state index contributed by atoms with van der Waals surface area (Å²) < 4.78 is 51.1. The second kappa shape index (κ2) is 8.50. The zero-order chi connectivity index (χ0) is 22.0. The molecule has 1 aliphatic rings. The van der Waals surface area contributed by atoms with Gasteiger partial charge in [0.05, 0.1) is 25.0 Å². The van der Waals surface area contributed by atoms with Gasteiger partial charge in [-0.1, -0.05) is 36.0 Å². The summed E-state index contributed by atoms with van der Waals surface area (Å²) in [4.78, 5) is 12.6. The fourth-order valence-electron chi connectivity index (χ4n) is 3.04. The van der Waals surface area contributed by atoms with E-state index in [0.717, 1.165) is 12.1 Å². The molecule has 1 aliphatic heterocycles.